The van der Waals surface area contributed by atoms with Gasteiger partial charge in [-0.1, -0.05) is 26.7 Å². The average molecular weight is 345 g/mol. The third-order valence-corrected chi connectivity index (χ3v) is 4.98. The van der Waals surface area contributed by atoms with Gasteiger partial charge in [0.05, 0.1) is 24.9 Å². The molecule has 1 N–H and O–H groups in total. The Morgan fingerprint density at radius 2 is 2.12 bits per heavy atom. The van der Waals surface area contributed by atoms with Crippen molar-refractivity contribution in [3.63, 3.8) is 0 Å². The number of pyridine rings is 1. The van der Waals surface area contributed by atoms with Gasteiger partial charge < -0.3 is 15.0 Å². The molecule has 0 atom stereocenters. The number of nitrogens with zero attached hydrogens (tertiary/aromatic N) is 2. The zero-order chi connectivity index (χ0) is 18.0. The van der Waals surface area contributed by atoms with Crippen LogP contribution in [0.4, 0.5) is 0 Å². The summed E-state index contributed by atoms with van der Waals surface area (Å²) in [7, 11) is 1.57. The number of aromatic nitrogens is 1. The van der Waals surface area contributed by atoms with Gasteiger partial charge in [-0.3, -0.25) is 9.59 Å². The largest absolute Gasteiger partial charge is 0.481 e. The van der Waals surface area contributed by atoms with Crippen LogP contribution in [0.5, 0.6) is 5.88 Å². The molecule has 6 nitrogen and oxygen atoms in total. The first-order valence-corrected chi connectivity index (χ1v) is 9.14. The molecule has 0 bridgehead atoms. The number of nitrogens with one attached hydrogen (secondary N) is 1. The van der Waals surface area contributed by atoms with Gasteiger partial charge in [0.25, 0.3) is 5.91 Å². The number of methoxy groups -OCH3 is 1. The van der Waals surface area contributed by atoms with Crippen LogP contribution in [0.2, 0.25) is 0 Å². The normalized spacial score (nSPS) is 17.3. The number of ether oxygens (including phenoxy) is 1. The summed E-state index contributed by atoms with van der Waals surface area (Å²) in [5.74, 6) is 0.856. The third-order valence-electron chi connectivity index (χ3n) is 4.98. The van der Waals surface area contributed by atoms with Crippen molar-refractivity contribution in [3.05, 3.63) is 22.9 Å². The van der Waals surface area contributed by atoms with Gasteiger partial charge in [0.2, 0.25) is 11.8 Å². The molecule has 0 spiro atoms. The van der Waals surface area contributed by atoms with Crippen molar-refractivity contribution >= 4 is 11.8 Å². The summed E-state index contributed by atoms with van der Waals surface area (Å²) >= 11 is 0. The lowest BCUT2D eigenvalue weighted by atomic mass is 10.1. The molecule has 6 heteroatoms. The van der Waals surface area contributed by atoms with E-state index >= 15 is 0 Å². The molecule has 1 aliphatic carbocycles. The maximum atomic E-state index is 12.8. The number of hydrogen-bond acceptors (Lipinski definition) is 4. The van der Waals surface area contributed by atoms with Gasteiger partial charge in [0, 0.05) is 24.6 Å². The first-order valence-electron chi connectivity index (χ1n) is 9.14. The number of rotatable bonds is 6. The topological polar surface area (TPSA) is 71.5 Å². The Balaban J connectivity index is 1.76. The van der Waals surface area contributed by atoms with Crippen LogP contribution in [-0.4, -0.2) is 34.8 Å². The molecule has 1 aliphatic heterocycles. The second-order valence-corrected chi connectivity index (χ2v) is 7.40. The molecule has 25 heavy (non-hydrogen) atoms. The van der Waals surface area contributed by atoms with Crippen LogP contribution >= 0.6 is 0 Å². The molecule has 2 heterocycles. The van der Waals surface area contributed by atoms with Crippen LogP contribution < -0.4 is 10.1 Å². The van der Waals surface area contributed by atoms with E-state index in [0.29, 0.717) is 42.9 Å². The highest BCUT2D eigenvalue weighted by molar-refractivity contribution is 5.98. The fourth-order valence-electron chi connectivity index (χ4n) is 3.72. The molecule has 1 aromatic heterocycles. The highest BCUT2D eigenvalue weighted by Gasteiger charge is 2.35. The van der Waals surface area contributed by atoms with Crippen molar-refractivity contribution in [1.29, 1.82) is 0 Å². The minimum atomic E-state index is -0.00328. The van der Waals surface area contributed by atoms with Crippen LogP contribution in [0.3, 0.4) is 0 Å². The Hall–Kier alpha value is -2.11. The van der Waals surface area contributed by atoms with E-state index in [9.17, 15) is 9.59 Å². The lowest BCUT2D eigenvalue weighted by Crippen LogP contribution is -2.33. The molecular weight excluding hydrogens is 318 g/mol. The molecule has 0 aromatic carbocycles. The minimum Gasteiger partial charge on any atom is -0.481 e. The molecule has 136 valence electrons. The first-order chi connectivity index (χ1) is 12.0. The summed E-state index contributed by atoms with van der Waals surface area (Å²) in [5.41, 5.74) is 2.19. The van der Waals surface area contributed by atoms with E-state index in [4.69, 9.17) is 4.74 Å². The Kier molecular flexibility index (Phi) is 5.25. The average Bonchev–Trinajstić information content (AvgIpc) is 3.20. The maximum Gasteiger partial charge on any atom is 0.256 e. The molecule has 1 aromatic rings. The standard InChI is InChI=1S/C19H27N3O3/c1-12(2)8-17(23)20-10-13-9-15-16(21-18(13)25-3)11-22(19(15)24)14-6-4-5-7-14/h9,12,14H,4-8,10-11H2,1-3H3,(H,20,23). The van der Waals surface area contributed by atoms with E-state index in [2.05, 4.69) is 10.3 Å². The summed E-state index contributed by atoms with van der Waals surface area (Å²) in [4.78, 5) is 31.2. The molecule has 3 rings (SSSR count). The van der Waals surface area contributed by atoms with Gasteiger partial charge in [-0.15, -0.1) is 0 Å². The quantitative estimate of drug-likeness (QED) is 0.860. The molecule has 2 aliphatic rings. The van der Waals surface area contributed by atoms with Gasteiger partial charge in [-0.25, -0.2) is 4.98 Å². The summed E-state index contributed by atoms with van der Waals surface area (Å²) < 4.78 is 5.39. The lowest BCUT2D eigenvalue weighted by Gasteiger charge is -2.22. The third kappa shape index (κ3) is 3.78. The van der Waals surface area contributed by atoms with Gasteiger partial charge in [0.1, 0.15) is 0 Å². The molecule has 0 radical (unpaired) electrons. The predicted octanol–water partition coefficient (Wildman–Crippen LogP) is 2.65. The molecule has 1 saturated carbocycles. The van der Waals surface area contributed by atoms with Gasteiger partial charge in [-0.2, -0.15) is 0 Å². The number of fused-ring (bicyclic) bond motifs is 1. The summed E-state index contributed by atoms with van der Waals surface area (Å²) in [6.07, 6.45) is 5.02. The van der Waals surface area contributed by atoms with Crippen molar-refractivity contribution in [3.8, 4) is 5.88 Å². The Labute approximate surface area is 148 Å². The monoisotopic (exact) mass is 345 g/mol. The fraction of sp³-hybridized carbons (Fsp3) is 0.632. The summed E-state index contributed by atoms with van der Waals surface area (Å²) in [6.45, 7) is 4.90. The predicted molar refractivity (Wildman–Crippen MR) is 94.2 cm³/mol. The number of carbonyl (C=O) groups excluding carboxylic acids is 2. The van der Waals surface area contributed by atoms with E-state index in [1.54, 1.807) is 7.11 Å². The van der Waals surface area contributed by atoms with Gasteiger partial charge in [-0.05, 0) is 24.8 Å². The van der Waals surface area contributed by atoms with Crippen LogP contribution in [-0.2, 0) is 17.9 Å². The number of amides is 2. The van der Waals surface area contributed by atoms with Crippen LogP contribution in [0.25, 0.3) is 0 Å². The molecule has 0 unspecified atom stereocenters. The zero-order valence-corrected chi connectivity index (χ0v) is 15.3. The van der Waals surface area contributed by atoms with Crippen molar-refractivity contribution < 1.29 is 14.3 Å². The van der Waals surface area contributed by atoms with E-state index in [-0.39, 0.29) is 11.8 Å². The molecule has 0 saturated heterocycles. The minimum absolute atomic E-state index is 0.00328. The first kappa shape index (κ1) is 17.7. The van der Waals surface area contributed by atoms with Crippen LogP contribution in [0.1, 0.15) is 67.6 Å². The van der Waals surface area contributed by atoms with Gasteiger partial charge >= 0.3 is 0 Å². The highest BCUT2D eigenvalue weighted by Crippen LogP contribution is 2.33. The van der Waals surface area contributed by atoms with Crippen LogP contribution in [0.15, 0.2) is 6.07 Å². The van der Waals surface area contributed by atoms with E-state index < -0.39 is 0 Å². The van der Waals surface area contributed by atoms with E-state index in [1.165, 1.54) is 12.8 Å². The fourth-order valence-corrected chi connectivity index (χ4v) is 3.72. The molecule has 1 fully saturated rings. The van der Waals surface area contributed by atoms with Crippen molar-refractivity contribution in [1.82, 2.24) is 15.2 Å². The summed E-state index contributed by atoms with van der Waals surface area (Å²) in [5, 5.41) is 2.89. The SMILES string of the molecule is COc1nc2c(cc1CNC(=O)CC(C)C)C(=O)N(C1CCCC1)C2. The Morgan fingerprint density at radius 3 is 2.76 bits per heavy atom. The summed E-state index contributed by atoms with van der Waals surface area (Å²) in [6, 6.07) is 2.18. The highest BCUT2D eigenvalue weighted by atomic mass is 16.5. The van der Waals surface area contributed by atoms with Crippen molar-refractivity contribution in [2.75, 3.05) is 7.11 Å². The molecule has 2 amide bonds. The Bertz CT molecular complexity index is 666. The maximum absolute atomic E-state index is 12.8. The van der Waals surface area contributed by atoms with Crippen molar-refractivity contribution in [2.24, 2.45) is 5.92 Å². The van der Waals surface area contributed by atoms with Gasteiger partial charge in [0.15, 0.2) is 0 Å². The van der Waals surface area contributed by atoms with Crippen molar-refractivity contribution in [2.45, 2.75) is 65.1 Å². The van der Waals surface area contributed by atoms with E-state index in [0.717, 1.165) is 24.1 Å². The smallest absolute Gasteiger partial charge is 0.256 e. The lowest BCUT2D eigenvalue weighted by molar-refractivity contribution is -0.121. The second kappa shape index (κ2) is 7.42. The molecular formula is C19H27N3O3. The number of hydrogen-bond donors (Lipinski definition) is 1. The number of carbonyl (C=O) groups is 2. The second-order valence-electron chi connectivity index (χ2n) is 7.40. The van der Waals surface area contributed by atoms with Crippen LogP contribution in [0, 0.1) is 5.92 Å². The Morgan fingerprint density at radius 1 is 1.40 bits per heavy atom. The zero-order valence-electron chi connectivity index (χ0n) is 15.3. The van der Waals surface area contributed by atoms with E-state index in [1.807, 2.05) is 24.8 Å².